The lowest BCUT2D eigenvalue weighted by Gasteiger charge is -2.32. The molecule has 0 atom stereocenters. The standard InChI is InChI=1S/C10H14N2O/c1-7(2)9-6-11(4)8(3)12(5)10(9)13/h6H,1,3H2,2,4-5H3. The molecule has 1 aliphatic heterocycles. The van der Waals surface area contributed by atoms with Crippen LogP contribution in [0.1, 0.15) is 6.92 Å². The molecule has 1 rings (SSSR count). The molecule has 1 aliphatic rings. The molecule has 1 amide bonds. The van der Waals surface area contributed by atoms with Gasteiger partial charge in [-0.1, -0.05) is 13.2 Å². The number of carbonyl (C=O) groups is 1. The average Bonchev–Trinajstić information content (AvgIpc) is 2.07. The molecule has 0 spiro atoms. The molecule has 3 heteroatoms. The molecular formula is C10H14N2O. The van der Waals surface area contributed by atoms with Crippen LogP contribution in [0.25, 0.3) is 0 Å². The maximum Gasteiger partial charge on any atom is 0.260 e. The fourth-order valence-corrected chi connectivity index (χ4v) is 1.15. The van der Waals surface area contributed by atoms with Crippen molar-refractivity contribution in [1.82, 2.24) is 9.80 Å². The van der Waals surface area contributed by atoms with Crippen molar-refractivity contribution in [2.24, 2.45) is 0 Å². The van der Waals surface area contributed by atoms with Crippen molar-refractivity contribution in [2.45, 2.75) is 6.92 Å². The minimum atomic E-state index is -0.0457. The molecule has 13 heavy (non-hydrogen) atoms. The third kappa shape index (κ3) is 1.49. The maximum absolute atomic E-state index is 11.6. The van der Waals surface area contributed by atoms with Gasteiger partial charge in [-0.3, -0.25) is 9.69 Å². The SMILES string of the molecule is C=C(C)C1=CN(C)C(=C)N(C)C1=O. The Balaban J connectivity index is 3.12. The van der Waals surface area contributed by atoms with Gasteiger partial charge in [0.05, 0.1) is 5.57 Å². The summed E-state index contributed by atoms with van der Waals surface area (Å²) in [6.07, 6.45) is 1.76. The highest BCUT2D eigenvalue weighted by molar-refractivity contribution is 5.99. The lowest BCUT2D eigenvalue weighted by molar-refractivity contribution is -0.125. The summed E-state index contributed by atoms with van der Waals surface area (Å²) >= 11 is 0. The molecule has 0 aromatic carbocycles. The van der Waals surface area contributed by atoms with Crippen LogP contribution in [0.2, 0.25) is 0 Å². The summed E-state index contributed by atoms with van der Waals surface area (Å²) in [6, 6.07) is 0. The monoisotopic (exact) mass is 178 g/mol. The van der Waals surface area contributed by atoms with Gasteiger partial charge in [-0.2, -0.15) is 0 Å². The van der Waals surface area contributed by atoms with Crippen LogP contribution < -0.4 is 0 Å². The molecule has 0 N–H and O–H groups in total. The molecule has 0 radical (unpaired) electrons. The Morgan fingerprint density at radius 2 is 2.00 bits per heavy atom. The van der Waals surface area contributed by atoms with Crippen LogP contribution in [0.5, 0.6) is 0 Å². The van der Waals surface area contributed by atoms with Crippen molar-refractivity contribution < 1.29 is 4.79 Å². The largest absolute Gasteiger partial charge is 0.337 e. The van der Waals surface area contributed by atoms with Gasteiger partial charge in [0.25, 0.3) is 5.91 Å². The van der Waals surface area contributed by atoms with Crippen LogP contribution in [0, 0.1) is 0 Å². The van der Waals surface area contributed by atoms with Crippen molar-refractivity contribution in [1.29, 1.82) is 0 Å². The lowest BCUT2D eigenvalue weighted by atomic mass is 10.1. The third-order valence-corrected chi connectivity index (χ3v) is 2.11. The highest BCUT2D eigenvalue weighted by Crippen LogP contribution is 2.21. The van der Waals surface area contributed by atoms with Crippen molar-refractivity contribution in [3.8, 4) is 0 Å². The van der Waals surface area contributed by atoms with E-state index in [1.54, 1.807) is 13.2 Å². The zero-order chi connectivity index (χ0) is 10.2. The number of likely N-dealkylation sites (N-methyl/N-ethyl adjacent to an activating group) is 1. The molecule has 0 aliphatic carbocycles. The second-order valence-corrected chi connectivity index (χ2v) is 3.21. The minimum absolute atomic E-state index is 0.0457. The maximum atomic E-state index is 11.6. The Hall–Kier alpha value is -1.51. The second kappa shape index (κ2) is 3.09. The van der Waals surface area contributed by atoms with Crippen molar-refractivity contribution in [2.75, 3.05) is 14.1 Å². The van der Waals surface area contributed by atoms with Crippen LogP contribution in [0.4, 0.5) is 0 Å². The molecule has 1 heterocycles. The van der Waals surface area contributed by atoms with Gasteiger partial charge in [0.15, 0.2) is 0 Å². The number of carbonyl (C=O) groups excluding carboxylic acids is 1. The number of amides is 1. The first kappa shape index (κ1) is 9.58. The highest BCUT2D eigenvalue weighted by atomic mass is 16.2. The van der Waals surface area contributed by atoms with Gasteiger partial charge in [-0.05, 0) is 12.5 Å². The van der Waals surface area contributed by atoms with Crippen molar-refractivity contribution >= 4 is 5.91 Å². The van der Waals surface area contributed by atoms with E-state index in [0.29, 0.717) is 11.4 Å². The smallest absolute Gasteiger partial charge is 0.260 e. The summed E-state index contributed by atoms with van der Waals surface area (Å²) in [5.41, 5.74) is 1.41. The van der Waals surface area contributed by atoms with E-state index in [4.69, 9.17) is 0 Å². The van der Waals surface area contributed by atoms with E-state index in [1.165, 1.54) is 4.90 Å². The van der Waals surface area contributed by atoms with Gasteiger partial charge < -0.3 is 4.90 Å². The molecule has 70 valence electrons. The molecule has 0 fully saturated rings. The zero-order valence-corrected chi connectivity index (χ0v) is 8.29. The molecule has 0 unspecified atom stereocenters. The summed E-state index contributed by atoms with van der Waals surface area (Å²) in [5.74, 6) is 0.630. The minimum Gasteiger partial charge on any atom is -0.337 e. The molecule has 0 bridgehead atoms. The zero-order valence-electron chi connectivity index (χ0n) is 8.29. The van der Waals surface area contributed by atoms with Crippen LogP contribution in [0.3, 0.4) is 0 Å². The van der Waals surface area contributed by atoms with Gasteiger partial charge >= 0.3 is 0 Å². The van der Waals surface area contributed by atoms with Crippen LogP contribution in [-0.4, -0.2) is 29.8 Å². The molecule has 0 saturated carbocycles. The van der Waals surface area contributed by atoms with E-state index in [2.05, 4.69) is 13.2 Å². The summed E-state index contributed by atoms with van der Waals surface area (Å²) < 4.78 is 0. The van der Waals surface area contributed by atoms with E-state index < -0.39 is 0 Å². The fraction of sp³-hybridized carbons (Fsp3) is 0.300. The average molecular weight is 178 g/mol. The Kier molecular flexibility index (Phi) is 2.28. The summed E-state index contributed by atoms with van der Waals surface area (Å²) in [6.45, 7) is 9.35. The first-order valence-electron chi connectivity index (χ1n) is 4.02. The Labute approximate surface area is 78.6 Å². The Morgan fingerprint density at radius 3 is 2.46 bits per heavy atom. The van der Waals surface area contributed by atoms with E-state index in [-0.39, 0.29) is 5.91 Å². The Morgan fingerprint density at radius 1 is 1.46 bits per heavy atom. The molecular weight excluding hydrogens is 164 g/mol. The van der Waals surface area contributed by atoms with E-state index >= 15 is 0 Å². The topological polar surface area (TPSA) is 23.6 Å². The van der Waals surface area contributed by atoms with Gasteiger partial charge in [-0.25, -0.2) is 0 Å². The Bertz CT molecular complexity index is 315. The number of hydrogen-bond donors (Lipinski definition) is 0. The van der Waals surface area contributed by atoms with Gasteiger partial charge in [0.1, 0.15) is 5.82 Å². The molecule has 0 saturated heterocycles. The first-order valence-corrected chi connectivity index (χ1v) is 4.02. The predicted molar refractivity (Wildman–Crippen MR) is 52.6 cm³/mol. The normalized spacial score (nSPS) is 17.6. The van der Waals surface area contributed by atoms with E-state index in [9.17, 15) is 4.79 Å². The highest BCUT2D eigenvalue weighted by Gasteiger charge is 2.24. The molecule has 0 aromatic heterocycles. The van der Waals surface area contributed by atoms with Gasteiger partial charge in [0, 0.05) is 20.3 Å². The fourth-order valence-electron chi connectivity index (χ4n) is 1.15. The van der Waals surface area contributed by atoms with E-state index in [0.717, 1.165) is 5.57 Å². The second-order valence-electron chi connectivity index (χ2n) is 3.21. The summed E-state index contributed by atoms with van der Waals surface area (Å²) in [7, 11) is 3.56. The van der Waals surface area contributed by atoms with Gasteiger partial charge in [-0.15, -0.1) is 0 Å². The van der Waals surface area contributed by atoms with Crippen LogP contribution >= 0.6 is 0 Å². The van der Waals surface area contributed by atoms with E-state index in [1.807, 2.05) is 18.9 Å². The quantitative estimate of drug-likeness (QED) is 0.604. The van der Waals surface area contributed by atoms with Crippen LogP contribution in [-0.2, 0) is 4.79 Å². The number of rotatable bonds is 1. The first-order chi connectivity index (χ1) is 5.95. The van der Waals surface area contributed by atoms with Crippen molar-refractivity contribution in [3.63, 3.8) is 0 Å². The molecule has 0 aromatic rings. The van der Waals surface area contributed by atoms with Crippen molar-refractivity contribution in [3.05, 3.63) is 36.3 Å². The van der Waals surface area contributed by atoms with Gasteiger partial charge in [0.2, 0.25) is 0 Å². The predicted octanol–water partition coefficient (Wildman–Crippen LogP) is 1.32. The third-order valence-electron chi connectivity index (χ3n) is 2.11. The van der Waals surface area contributed by atoms with Crippen LogP contribution in [0.15, 0.2) is 36.3 Å². The summed E-state index contributed by atoms with van der Waals surface area (Å²) in [5, 5.41) is 0. The molecule has 3 nitrogen and oxygen atoms in total. The number of nitrogens with zero attached hydrogens (tertiary/aromatic N) is 2. The number of hydrogen-bond acceptors (Lipinski definition) is 2. The summed E-state index contributed by atoms with van der Waals surface area (Å²) in [4.78, 5) is 15.0. The lowest BCUT2D eigenvalue weighted by Crippen LogP contribution is -2.38.